The molecule has 1 fully saturated rings. The van der Waals surface area contributed by atoms with E-state index in [2.05, 4.69) is 35.5 Å². The van der Waals surface area contributed by atoms with E-state index in [1.54, 1.807) is 0 Å². The van der Waals surface area contributed by atoms with Crippen molar-refractivity contribution in [2.75, 3.05) is 19.6 Å². The van der Waals surface area contributed by atoms with Gasteiger partial charge in [0.15, 0.2) is 5.96 Å². The molecule has 1 aliphatic rings. The van der Waals surface area contributed by atoms with E-state index in [1.165, 1.54) is 25.7 Å². The van der Waals surface area contributed by atoms with Gasteiger partial charge in [-0.25, -0.2) is 0 Å². The second-order valence-corrected chi connectivity index (χ2v) is 6.21. The van der Waals surface area contributed by atoms with Crippen molar-refractivity contribution < 1.29 is 0 Å². The first kappa shape index (κ1) is 15.8. The van der Waals surface area contributed by atoms with Crippen LogP contribution in [0, 0.1) is 5.41 Å². The van der Waals surface area contributed by atoms with E-state index in [9.17, 15) is 0 Å². The highest BCUT2D eigenvalue weighted by molar-refractivity contribution is 5.79. The van der Waals surface area contributed by atoms with Gasteiger partial charge in [0.25, 0.3) is 0 Å². The van der Waals surface area contributed by atoms with E-state index in [1.807, 2.05) is 18.3 Å². The van der Waals surface area contributed by atoms with Crippen molar-refractivity contribution in [2.24, 2.45) is 10.4 Å². The van der Waals surface area contributed by atoms with Crippen LogP contribution in [0.5, 0.6) is 0 Å². The summed E-state index contributed by atoms with van der Waals surface area (Å²) < 4.78 is 0. The Hall–Kier alpha value is -1.58. The fourth-order valence-electron chi connectivity index (χ4n) is 2.85. The molecule has 1 aromatic heterocycles. The number of aromatic nitrogens is 1. The lowest BCUT2D eigenvalue weighted by Gasteiger charge is -2.21. The SMILES string of the molecule is CCNC(=NCC1(C)CCCC1)NCCc1ccccn1. The predicted molar refractivity (Wildman–Crippen MR) is 88.5 cm³/mol. The maximum atomic E-state index is 4.77. The molecule has 0 saturated heterocycles. The summed E-state index contributed by atoms with van der Waals surface area (Å²) in [5.41, 5.74) is 1.52. The second-order valence-electron chi connectivity index (χ2n) is 6.21. The number of guanidine groups is 1. The van der Waals surface area contributed by atoms with Crippen LogP contribution < -0.4 is 10.6 Å². The van der Waals surface area contributed by atoms with Crippen LogP contribution >= 0.6 is 0 Å². The summed E-state index contributed by atoms with van der Waals surface area (Å²) in [5, 5.41) is 6.74. The number of pyridine rings is 1. The molecule has 2 rings (SSSR count). The third-order valence-electron chi connectivity index (χ3n) is 4.17. The van der Waals surface area contributed by atoms with Gasteiger partial charge in [0, 0.05) is 37.9 Å². The van der Waals surface area contributed by atoms with Gasteiger partial charge in [0.1, 0.15) is 0 Å². The van der Waals surface area contributed by atoms with Crippen molar-refractivity contribution in [2.45, 2.75) is 46.0 Å². The van der Waals surface area contributed by atoms with Gasteiger partial charge in [-0.3, -0.25) is 9.98 Å². The zero-order chi connectivity index (χ0) is 15.0. The van der Waals surface area contributed by atoms with Crippen LogP contribution in [0.1, 0.15) is 45.2 Å². The Kier molecular flexibility index (Phi) is 6.03. The molecule has 0 spiro atoms. The van der Waals surface area contributed by atoms with E-state index in [-0.39, 0.29) is 0 Å². The van der Waals surface area contributed by atoms with E-state index < -0.39 is 0 Å². The highest BCUT2D eigenvalue weighted by atomic mass is 15.2. The molecular formula is C17H28N4. The topological polar surface area (TPSA) is 49.3 Å². The largest absolute Gasteiger partial charge is 0.357 e. The van der Waals surface area contributed by atoms with Crippen molar-refractivity contribution in [3.63, 3.8) is 0 Å². The van der Waals surface area contributed by atoms with Crippen molar-refractivity contribution in [1.29, 1.82) is 0 Å². The molecule has 0 amide bonds. The molecule has 1 aromatic rings. The van der Waals surface area contributed by atoms with Gasteiger partial charge >= 0.3 is 0 Å². The van der Waals surface area contributed by atoms with Crippen LogP contribution in [-0.4, -0.2) is 30.6 Å². The Bertz CT molecular complexity index is 435. The summed E-state index contributed by atoms with van der Waals surface area (Å²) in [6, 6.07) is 6.04. The van der Waals surface area contributed by atoms with E-state index in [0.717, 1.165) is 37.7 Å². The molecular weight excluding hydrogens is 260 g/mol. The normalized spacial score (nSPS) is 17.7. The molecule has 2 N–H and O–H groups in total. The Balaban J connectivity index is 1.80. The fraction of sp³-hybridized carbons (Fsp3) is 0.647. The monoisotopic (exact) mass is 288 g/mol. The van der Waals surface area contributed by atoms with Crippen molar-refractivity contribution in [3.8, 4) is 0 Å². The van der Waals surface area contributed by atoms with Crippen LogP contribution in [0.2, 0.25) is 0 Å². The van der Waals surface area contributed by atoms with Crippen molar-refractivity contribution in [1.82, 2.24) is 15.6 Å². The highest BCUT2D eigenvalue weighted by Crippen LogP contribution is 2.37. The van der Waals surface area contributed by atoms with Crippen LogP contribution in [-0.2, 0) is 6.42 Å². The molecule has 0 radical (unpaired) electrons. The summed E-state index contributed by atoms with van der Waals surface area (Å²) in [4.78, 5) is 9.11. The van der Waals surface area contributed by atoms with Gasteiger partial charge in [-0.15, -0.1) is 0 Å². The average molecular weight is 288 g/mol. The van der Waals surface area contributed by atoms with Crippen LogP contribution in [0.25, 0.3) is 0 Å². The number of nitrogens with one attached hydrogen (secondary N) is 2. The molecule has 1 saturated carbocycles. The van der Waals surface area contributed by atoms with Crippen molar-refractivity contribution in [3.05, 3.63) is 30.1 Å². The summed E-state index contributed by atoms with van der Waals surface area (Å²) >= 11 is 0. The molecule has 0 atom stereocenters. The molecule has 0 bridgehead atoms. The summed E-state index contributed by atoms with van der Waals surface area (Å²) in [7, 11) is 0. The van der Waals surface area contributed by atoms with E-state index in [4.69, 9.17) is 4.99 Å². The first-order valence-corrected chi connectivity index (χ1v) is 8.14. The van der Waals surface area contributed by atoms with Gasteiger partial charge in [0.05, 0.1) is 0 Å². The van der Waals surface area contributed by atoms with Crippen molar-refractivity contribution >= 4 is 5.96 Å². The minimum atomic E-state index is 0.406. The van der Waals surface area contributed by atoms with Gasteiger partial charge in [0.2, 0.25) is 0 Å². The summed E-state index contributed by atoms with van der Waals surface area (Å²) in [6.45, 7) is 7.14. The second kappa shape index (κ2) is 8.01. The fourth-order valence-corrected chi connectivity index (χ4v) is 2.85. The molecule has 0 unspecified atom stereocenters. The average Bonchev–Trinajstić information content (AvgIpc) is 2.93. The van der Waals surface area contributed by atoms with Crippen LogP contribution in [0.15, 0.2) is 29.4 Å². The maximum Gasteiger partial charge on any atom is 0.191 e. The smallest absolute Gasteiger partial charge is 0.191 e. The molecule has 0 aromatic carbocycles. The lowest BCUT2D eigenvalue weighted by Crippen LogP contribution is -2.39. The molecule has 21 heavy (non-hydrogen) atoms. The third-order valence-corrected chi connectivity index (χ3v) is 4.17. The first-order valence-electron chi connectivity index (χ1n) is 8.14. The Morgan fingerprint density at radius 1 is 1.29 bits per heavy atom. The molecule has 116 valence electrons. The molecule has 0 aliphatic heterocycles. The van der Waals surface area contributed by atoms with Gasteiger partial charge in [-0.1, -0.05) is 25.8 Å². The molecule has 4 nitrogen and oxygen atoms in total. The zero-order valence-corrected chi connectivity index (χ0v) is 13.4. The predicted octanol–water partition coefficient (Wildman–Crippen LogP) is 2.76. The van der Waals surface area contributed by atoms with E-state index in [0.29, 0.717) is 5.41 Å². The number of hydrogen-bond acceptors (Lipinski definition) is 2. The standard InChI is InChI=1S/C17H28N4/c1-3-18-16(21-14-17(2)10-5-6-11-17)20-13-9-15-8-4-7-12-19-15/h4,7-8,12H,3,5-6,9-11,13-14H2,1-2H3,(H2,18,20,21). The van der Waals surface area contributed by atoms with Gasteiger partial charge < -0.3 is 10.6 Å². The third kappa shape index (κ3) is 5.37. The number of hydrogen-bond donors (Lipinski definition) is 2. The first-order chi connectivity index (χ1) is 10.2. The van der Waals surface area contributed by atoms with E-state index >= 15 is 0 Å². The Labute approximate surface area is 128 Å². The van der Waals surface area contributed by atoms with Gasteiger partial charge in [-0.2, -0.15) is 0 Å². The van der Waals surface area contributed by atoms with Gasteiger partial charge in [-0.05, 0) is 37.3 Å². The summed E-state index contributed by atoms with van der Waals surface area (Å²) in [5.74, 6) is 0.932. The molecule has 1 aliphatic carbocycles. The number of aliphatic imine (C=N–C) groups is 1. The maximum absolute atomic E-state index is 4.77. The quantitative estimate of drug-likeness (QED) is 0.625. The number of nitrogens with zero attached hydrogens (tertiary/aromatic N) is 2. The van der Waals surface area contributed by atoms with Crippen LogP contribution in [0.4, 0.5) is 0 Å². The summed E-state index contributed by atoms with van der Waals surface area (Å²) in [6.07, 6.45) is 8.09. The lowest BCUT2D eigenvalue weighted by molar-refractivity contribution is 0.350. The van der Waals surface area contributed by atoms with Crippen LogP contribution in [0.3, 0.4) is 0 Å². The molecule has 1 heterocycles. The lowest BCUT2D eigenvalue weighted by atomic mass is 9.89. The Morgan fingerprint density at radius 2 is 2.10 bits per heavy atom. The highest BCUT2D eigenvalue weighted by Gasteiger charge is 2.28. The minimum Gasteiger partial charge on any atom is -0.357 e. The zero-order valence-electron chi connectivity index (χ0n) is 13.4. The molecule has 4 heteroatoms. The minimum absolute atomic E-state index is 0.406. The number of rotatable bonds is 6. The Morgan fingerprint density at radius 3 is 2.76 bits per heavy atom.